The summed E-state index contributed by atoms with van der Waals surface area (Å²) in [7, 11) is -3.73. The van der Waals surface area contributed by atoms with Gasteiger partial charge < -0.3 is 11.1 Å². The second kappa shape index (κ2) is 7.33. The molecule has 0 bridgehead atoms. The number of nitrogens with two attached hydrogens (primary N) is 1. The molecule has 0 aliphatic rings. The summed E-state index contributed by atoms with van der Waals surface area (Å²) in [5.74, 6) is -0.0210. The second-order valence-electron chi connectivity index (χ2n) is 6.23. The van der Waals surface area contributed by atoms with E-state index in [9.17, 15) is 13.2 Å². The molecule has 8 heteroatoms. The van der Waals surface area contributed by atoms with Gasteiger partial charge in [0.05, 0.1) is 10.3 Å². The lowest BCUT2D eigenvalue weighted by Gasteiger charge is -2.20. The van der Waals surface area contributed by atoms with Gasteiger partial charge in [-0.25, -0.2) is 8.42 Å². The number of rotatable bonds is 6. The number of anilines is 3. The zero-order valence-corrected chi connectivity index (χ0v) is 15.5. The largest absolute Gasteiger partial charge is 0.399 e. The molecular formula is C17H20ClN3O3S. The number of nitrogen functional groups attached to an aromatic ring is 1. The average molecular weight is 382 g/mol. The molecule has 4 N–H and O–H groups in total. The van der Waals surface area contributed by atoms with Crippen molar-refractivity contribution in [1.82, 2.24) is 0 Å². The van der Waals surface area contributed by atoms with Gasteiger partial charge in [-0.15, -0.1) is 11.6 Å². The molecule has 0 fully saturated rings. The fraction of sp³-hybridized carbons (Fsp3) is 0.235. The Morgan fingerprint density at radius 3 is 2.28 bits per heavy atom. The predicted octanol–water partition coefficient (Wildman–Crippen LogP) is 3.27. The summed E-state index contributed by atoms with van der Waals surface area (Å²) in [6, 6.07) is 12.4. The molecule has 0 heterocycles. The highest BCUT2D eigenvalue weighted by Crippen LogP contribution is 2.22. The van der Waals surface area contributed by atoms with Gasteiger partial charge in [0, 0.05) is 22.9 Å². The molecule has 1 amide bonds. The second-order valence-corrected chi connectivity index (χ2v) is 8.18. The summed E-state index contributed by atoms with van der Waals surface area (Å²) in [4.78, 5) is 12.2. The standard InChI is InChI=1S/C17H20ClN3O3S/c1-17(2,11-18)16(22)20-13-6-8-14(9-7-13)21-25(23,24)15-5-3-4-12(19)10-15/h3-10,21H,11,19H2,1-2H3,(H,20,22). The Hall–Kier alpha value is -2.25. The minimum absolute atomic E-state index is 0.0775. The van der Waals surface area contributed by atoms with Crippen LogP contribution in [-0.2, 0) is 14.8 Å². The number of hydrogen-bond donors (Lipinski definition) is 3. The van der Waals surface area contributed by atoms with E-state index in [1.54, 1.807) is 50.2 Å². The van der Waals surface area contributed by atoms with Gasteiger partial charge in [-0.2, -0.15) is 0 Å². The number of nitrogens with one attached hydrogen (secondary N) is 2. The molecule has 25 heavy (non-hydrogen) atoms. The maximum Gasteiger partial charge on any atom is 0.261 e. The van der Waals surface area contributed by atoms with Crippen molar-refractivity contribution in [3.8, 4) is 0 Å². The Morgan fingerprint density at radius 2 is 1.72 bits per heavy atom. The average Bonchev–Trinajstić information content (AvgIpc) is 2.56. The molecule has 2 aromatic rings. The summed E-state index contributed by atoms with van der Waals surface area (Å²) in [6.07, 6.45) is 0. The molecule has 2 aromatic carbocycles. The topological polar surface area (TPSA) is 101 Å². The Morgan fingerprint density at radius 1 is 1.12 bits per heavy atom. The highest BCUT2D eigenvalue weighted by molar-refractivity contribution is 7.92. The van der Waals surface area contributed by atoms with Crippen LogP contribution in [-0.4, -0.2) is 20.2 Å². The first kappa shape index (κ1) is 19.1. The molecule has 0 aliphatic heterocycles. The number of benzene rings is 2. The maximum atomic E-state index is 12.3. The third kappa shape index (κ3) is 4.87. The van der Waals surface area contributed by atoms with E-state index >= 15 is 0 Å². The number of amides is 1. The fourth-order valence-electron chi connectivity index (χ4n) is 1.88. The first-order valence-electron chi connectivity index (χ1n) is 7.50. The van der Waals surface area contributed by atoms with E-state index in [1.807, 2.05) is 0 Å². The quantitative estimate of drug-likeness (QED) is 0.528. The highest BCUT2D eigenvalue weighted by atomic mass is 35.5. The molecule has 6 nitrogen and oxygen atoms in total. The minimum atomic E-state index is -3.73. The zero-order valence-electron chi connectivity index (χ0n) is 13.9. The Bertz CT molecular complexity index is 865. The van der Waals surface area contributed by atoms with Crippen LogP contribution in [0.3, 0.4) is 0 Å². The van der Waals surface area contributed by atoms with Gasteiger partial charge in [-0.05, 0) is 56.3 Å². The molecule has 0 spiro atoms. The van der Waals surface area contributed by atoms with Crippen molar-refractivity contribution in [2.45, 2.75) is 18.7 Å². The molecule has 2 rings (SSSR count). The van der Waals surface area contributed by atoms with Crippen LogP contribution in [0.5, 0.6) is 0 Å². The monoisotopic (exact) mass is 381 g/mol. The molecule has 0 aromatic heterocycles. The van der Waals surface area contributed by atoms with Crippen molar-refractivity contribution in [1.29, 1.82) is 0 Å². The fourth-order valence-corrected chi connectivity index (χ4v) is 3.11. The van der Waals surface area contributed by atoms with Gasteiger partial charge in [-0.1, -0.05) is 6.07 Å². The minimum Gasteiger partial charge on any atom is -0.399 e. The van der Waals surface area contributed by atoms with E-state index in [0.29, 0.717) is 17.1 Å². The highest BCUT2D eigenvalue weighted by Gasteiger charge is 2.26. The maximum absolute atomic E-state index is 12.3. The molecule has 0 saturated carbocycles. The van der Waals surface area contributed by atoms with E-state index in [1.165, 1.54) is 12.1 Å². The third-order valence-electron chi connectivity index (χ3n) is 3.51. The lowest BCUT2D eigenvalue weighted by molar-refractivity contribution is -0.122. The van der Waals surface area contributed by atoms with E-state index in [4.69, 9.17) is 17.3 Å². The molecular weight excluding hydrogens is 362 g/mol. The molecule has 0 radical (unpaired) electrons. The number of sulfonamides is 1. The van der Waals surface area contributed by atoms with Crippen LogP contribution in [0.15, 0.2) is 53.4 Å². The molecule has 0 unspecified atom stereocenters. The van der Waals surface area contributed by atoms with Crippen molar-refractivity contribution >= 4 is 44.6 Å². The van der Waals surface area contributed by atoms with Crippen LogP contribution in [0.25, 0.3) is 0 Å². The van der Waals surface area contributed by atoms with Crippen LogP contribution in [0.2, 0.25) is 0 Å². The smallest absolute Gasteiger partial charge is 0.261 e. The summed E-state index contributed by atoms with van der Waals surface area (Å²) >= 11 is 5.78. The van der Waals surface area contributed by atoms with E-state index in [2.05, 4.69) is 10.0 Å². The van der Waals surface area contributed by atoms with Crippen molar-refractivity contribution in [2.24, 2.45) is 5.41 Å². The first-order valence-corrected chi connectivity index (χ1v) is 9.52. The number of hydrogen-bond acceptors (Lipinski definition) is 4. The van der Waals surface area contributed by atoms with Crippen molar-refractivity contribution in [2.75, 3.05) is 21.7 Å². The normalized spacial score (nSPS) is 11.8. The SMILES string of the molecule is CC(C)(CCl)C(=O)Nc1ccc(NS(=O)(=O)c2cccc(N)c2)cc1. The van der Waals surface area contributed by atoms with Gasteiger partial charge in [0.2, 0.25) is 5.91 Å². The lowest BCUT2D eigenvalue weighted by Crippen LogP contribution is -2.32. The number of alkyl halides is 1. The van der Waals surface area contributed by atoms with Gasteiger partial charge >= 0.3 is 0 Å². The van der Waals surface area contributed by atoms with Gasteiger partial charge in [0.1, 0.15) is 0 Å². The Labute approximate surface area is 152 Å². The van der Waals surface area contributed by atoms with Crippen molar-refractivity contribution < 1.29 is 13.2 Å². The van der Waals surface area contributed by atoms with E-state index < -0.39 is 15.4 Å². The van der Waals surface area contributed by atoms with Crippen LogP contribution in [0, 0.1) is 5.41 Å². The van der Waals surface area contributed by atoms with Gasteiger partial charge in [0.15, 0.2) is 0 Å². The summed E-state index contributed by atoms with van der Waals surface area (Å²) in [5, 5.41) is 2.75. The molecule has 0 atom stereocenters. The van der Waals surface area contributed by atoms with Crippen LogP contribution >= 0.6 is 11.6 Å². The lowest BCUT2D eigenvalue weighted by atomic mass is 9.95. The third-order valence-corrected chi connectivity index (χ3v) is 5.56. The zero-order chi connectivity index (χ0) is 18.7. The van der Waals surface area contributed by atoms with Crippen LogP contribution < -0.4 is 15.8 Å². The number of carbonyl (C=O) groups excluding carboxylic acids is 1. The van der Waals surface area contributed by atoms with Gasteiger partial charge in [-0.3, -0.25) is 9.52 Å². The van der Waals surface area contributed by atoms with Gasteiger partial charge in [0.25, 0.3) is 10.0 Å². The predicted molar refractivity (Wildman–Crippen MR) is 101 cm³/mol. The Balaban J connectivity index is 2.11. The van der Waals surface area contributed by atoms with E-state index in [-0.39, 0.29) is 16.7 Å². The van der Waals surface area contributed by atoms with Crippen LogP contribution in [0.4, 0.5) is 17.1 Å². The number of halogens is 1. The van der Waals surface area contributed by atoms with E-state index in [0.717, 1.165) is 0 Å². The molecule has 134 valence electrons. The van der Waals surface area contributed by atoms with Crippen LogP contribution in [0.1, 0.15) is 13.8 Å². The Kier molecular flexibility index (Phi) is 5.59. The summed E-state index contributed by atoms with van der Waals surface area (Å²) in [5.41, 5.74) is 6.21. The van der Waals surface area contributed by atoms with Crippen molar-refractivity contribution in [3.63, 3.8) is 0 Å². The molecule has 0 aliphatic carbocycles. The summed E-state index contributed by atoms with van der Waals surface area (Å²) < 4.78 is 27.1. The molecule has 0 saturated heterocycles. The van der Waals surface area contributed by atoms with Crippen molar-refractivity contribution in [3.05, 3.63) is 48.5 Å². The first-order chi connectivity index (χ1) is 11.6. The number of carbonyl (C=O) groups is 1. The summed E-state index contributed by atoms with van der Waals surface area (Å²) in [6.45, 7) is 3.48.